The number of ether oxygens (including phenoxy) is 1. The predicted octanol–water partition coefficient (Wildman–Crippen LogP) is 6.21. The number of nitrogens with two attached hydrogens (primary N) is 1. The summed E-state index contributed by atoms with van der Waals surface area (Å²) >= 11 is 0. The monoisotopic (exact) mass is 424 g/mol. The van der Waals surface area contributed by atoms with Crippen LogP contribution in [0.15, 0.2) is 78.9 Å². The molecule has 162 valence electrons. The summed E-state index contributed by atoms with van der Waals surface area (Å²) in [4.78, 5) is 16.4. The van der Waals surface area contributed by atoms with Crippen molar-refractivity contribution in [3.63, 3.8) is 0 Å². The Morgan fingerprint density at radius 2 is 1.56 bits per heavy atom. The van der Waals surface area contributed by atoms with Crippen LogP contribution < -0.4 is 10.5 Å². The molecular formula is C28H28N2O2. The van der Waals surface area contributed by atoms with Gasteiger partial charge < -0.3 is 10.5 Å². The van der Waals surface area contributed by atoms with Crippen molar-refractivity contribution in [3.05, 3.63) is 101 Å². The van der Waals surface area contributed by atoms with Gasteiger partial charge >= 0.3 is 0 Å². The summed E-state index contributed by atoms with van der Waals surface area (Å²) in [5.41, 5.74) is 9.23. The van der Waals surface area contributed by atoms with Crippen LogP contribution in [-0.2, 0) is 18.3 Å². The fraction of sp³-hybridized carbons (Fsp3) is 0.214. The number of aromatic nitrogens is 1. The Hall–Kier alpha value is -3.66. The highest BCUT2D eigenvalue weighted by atomic mass is 16.5. The molecule has 4 nitrogen and oxygen atoms in total. The van der Waals surface area contributed by atoms with E-state index in [4.69, 9.17) is 10.5 Å². The molecular weight excluding hydrogens is 396 g/mol. The van der Waals surface area contributed by atoms with Gasteiger partial charge in [-0.1, -0.05) is 69.3 Å². The molecule has 3 aromatic carbocycles. The number of pyridine rings is 1. The van der Waals surface area contributed by atoms with Crippen LogP contribution >= 0.6 is 0 Å². The van der Waals surface area contributed by atoms with Gasteiger partial charge in [0.15, 0.2) is 0 Å². The highest BCUT2D eigenvalue weighted by Gasteiger charge is 2.14. The van der Waals surface area contributed by atoms with Gasteiger partial charge in [0.05, 0.1) is 0 Å². The molecule has 0 aliphatic heterocycles. The topological polar surface area (TPSA) is 65.2 Å². The zero-order chi connectivity index (χ0) is 22.7. The first kappa shape index (κ1) is 21.6. The summed E-state index contributed by atoms with van der Waals surface area (Å²) in [5.74, 6) is 0.993. The van der Waals surface area contributed by atoms with E-state index < -0.39 is 5.91 Å². The first-order chi connectivity index (χ1) is 15.3. The molecule has 4 rings (SSSR count). The zero-order valence-electron chi connectivity index (χ0n) is 18.8. The van der Waals surface area contributed by atoms with Crippen molar-refractivity contribution in [3.8, 4) is 11.5 Å². The molecule has 0 fully saturated rings. The minimum absolute atomic E-state index is 0.0962. The lowest BCUT2D eigenvalue weighted by atomic mass is 9.87. The second kappa shape index (κ2) is 8.83. The molecule has 0 spiro atoms. The normalized spacial score (nSPS) is 11.5. The smallest absolute Gasteiger partial charge is 0.267 e. The lowest BCUT2D eigenvalue weighted by Crippen LogP contribution is -2.14. The molecule has 0 bridgehead atoms. The van der Waals surface area contributed by atoms with E-state index >= 15 is 0 Å². The number of rotatable bonds is 6. The summed E-state index contributed by atoms with van der Waals surface area (Å²) in [7, 11) is 0. The van der Waals surface area contributed by atoms with E-state index in [-0.39, 0.29) is 11.1 Å². The molecule has 2 N–H and O–H groups in total. The van der Waals surface area contributed by atoms with Crippen molar-refractivity contribution in [1.29, 1.82) is 0 Å². The van der Waals surface area contributed by atoms with E-state index in [1.54, 1.807) is 6.07 Å². The quantitative estimate of drug-likeness (QED) is 0.400. The van der Waals surface area contributed by atoms with Gasteiger partial charge in [0, 0.05) is 11.1 Å². The Morgan fingerprint density at radius 3 is 2.22 bits per heavy atom. The van der Waals surface area contributed by atoms with Crippen LogP contribution in [0.25, 0.3) is 10.8 Å². The van der Waals surface area contributed by atoms with Crippen LogP contribution in [0, 0.1) is 0 Å². The second-order valence-electron chi connectivity index (χ2n) is 9.06. The van der Waals surface area contributed by atoms with Crippen molar-refractivity contribution >= 4 is 16.7 Å². The van der Waals surface area contributed by atoms with Crippen molar-refractivity contribution < 1.29 is 9.53 Å². The zero-order valence-corrected chi connectivity index (χ0v) is 18.8. The molecule has 0 radical (unpaired) electrons. The fourth-order valence-electron chi connectivity index (χ4n) is 3.74. The second-order valence-corrected chi connectivity index (χ2v) is 9.06. The number of amides is 1. The van der Waals surface area contributed by atoms with Gasteiger partial charge in [-0.3, -0.25) is 4.79 Å². The Bertz CT molecular complexity index is 1240. The number of fused-ring (bicyclic) bond motifs is 1. The van der Waals surface area contributed by atoms with Gasteiger partial charge in [-0.05, 0) is 65.1 Å². The summed E-state index contributed by atoms with van der Waals surface area (Å²) in [6.45, 7) is 6.57. The molecule has 0 saturated carbocycles. The molecule has 1 amide bonds. The van der Waals surface area contributed by atoms with Crippen molar-refractivity contribution in [2.24, 2.45) is 5.73 Å². The van der Waals surface area contributed by atoms with E-state index in [0.29, 0.717) is 6.42 Å². The average Bonchev–Trinajstić information content (AvgIpc) is 2.78. The van der Waals surface area contributed by atoms with E-state index in [2.05, 4.69) is 50.0 Å². The van der Waals surface area contributed by atoms with E-state index in [1.807, 2.05) is 48.5 Å². The SMILES string of the molecule is CC(C)(C)c1ccc(Oc2ccc3cc(C(N)=O)nc(CCc4ccccc4)c3c2)cc1. The summed E-state index contributed by atoms with van der Waals surface area (Å²) in [5, 5.41) is 1.89. The highest BCUT2D eigenvalue weighted by molar-refractivity contribution is 5.96. The van der Waals surface area contributed by atoms with Crippen molar-refractivity contribution in [1.82, 2.24) is 4.98 Å². The Morgan fingerprint density at radius 1 is 0.875 bits per heavy atom. The maximum atomic E-state index is 11.8. The maximum absolute atomic E-state index is 11.8. The predicted molar refractivity (Wildman–Crippen MR) is 129 cm³/mol. The van der Waals surface area contributed by atoms with Crippen LogP contribution in [0.3, 0.4) is 0 Å². The molecule has 32 heavy (non-hydrogen) atoms. The number of hydrogen-bond donors (Lipinski definition) is 1. The third-order valence-corrected chi connectivity index (χ3v) is 5.59. The Balaban J connectivity index is 1.65. The van der Waals surface area contributed by atoms with E-state index in [0.717, 1.165) is 34.4 Å². The molecule has 4 heteroatoms. The maximum Gasteiger partial charge on any atom is 0.267 e. The third-order valence-electron chi connectivity index (χ3n) is 5.59. The molecule has 0 aliphatic carbocycles. The number of nitrogens with zero attached hydrogens (tertiary/aromatic N) is 1. The fourth-order valence-corrected chi connectivity index (χ4v) is 3.74. The summed E-state index contributed by atoms with van der Waals surface area (Å²) in [6, 6.07) is 26.0. The number of hydrogen-bond acceptors (Lipinski definition) is 3. The van der Waals surface area contributed by atoms with Gasteiger partial charge in [-0.15, -0.1) is 0 Å². The lowest BCUT2D eigenvalue weighted by molar-refractivity contribution is 0.0995. The standard InChI is InChI=1S/C28H28N2O2/c1-28(2,3)21-11-14-22(15-12-21)32-23-13-10-20-17-26(27(29)31)30-25(24(20)18-23)16-9-19-7-5-4-6-8-19/h4-8,10-15,17-18H,9,16H2,1-3H3,(H2,29,31). The average molecular weight is 425 g/mol. The van der Waals surface area contributed by atoms with Crippen molar-refractivity contribution in [2.75, 3.05) is 0 Å². The number of benzene rings is 3. The third kappa shape index (κ3) is 4.97. The van der Waals surface area contributed by atoms with Gasteiger partial charge in [-0.25, -0.2) is 4.98 Å². The summed E-state index contributed by atoms with van der Waals surface area (Å²) < 4.78 is 6.13. The largest absolute Gasteiger partial charge is 0.457 e. The van der Waals surface area contributed by atoms with Gasteiger partial charge in [0.25, 0.3) is 5.91 Å². The van der Waals surface area contributed by atoms with Crippen molar-refractivity contribution in [2.45, 2.75) is 39.0 Å². The number of carbonyl (C=O) groups excluding carboxylic acids is 1. The molecule has 0 unspecified atom stereocenters. The molecule has 1 heterocycles. The molecule has 0 saturated heterocycles. The Kier molecular flexibility index (Phi) is 5.95. The number of aryl methyl sites for hydroxylation is 2. The Labute approximate surface area is 189 Å². The molecule has 1 aromatic heterocycles. The summed E-state index contributed by atoms with van der Waals surface area (Å²) in [6.07, 6.45) is 1.52. The molecule has 0 aliphatic rings. The van der Waals surface area contributed by atoms with Gasteiger partial charge in [0.1, 0.15) is 17.2 Å². The minimum Gasteiger partial charge on any atom is -0.457 e. The van der Waals surface area contributed by atoms with E-state index in [1.165, 1.54) is 11.1 Å². The van der Waals surface area contributed by atoms with Crippen LogP contribution in [0.2, 0.25) is 0 Å². The number of carbonyl (C=O) groups is 1. The van der Waals surface area contributed by atoms with Crippen LogP contribution in [0.4, 0.5) is 0 Å². The first-order valence-electron chi connectivity index (χ1n) is 10.9. The van der Waals surface area contributed by atoms with Crippen LogP contribution in [0.5, 0.6) is 11.5 Å². The van der Waals surface area contributed by atoms with Crippen LogP contribution in [0.1, 0.15) is 48.1 Å². The van der Waals surface area contributed by atoms with Gasteiger partial charge in [-0.2, -0.15) is 0 Å². The first-order valence-corrected chi connectivity index (χ1v) is 10.9. The molecule has 4 aromatic rings. The minimum atomic E-state index is -0.521. The molecule has 0 atom stereocenters. The van der Waals surface area contributed by atoms with Crippen LogP contribution in [-0.4, -0.2) is 10.9 Å². The van der Waals surface area contributed by atoms with E-state index in [9.17, 15) is 4.79 Å². The number of primary amides is 1. The van der Waals surface area contributed by atoms with Gasteiger partial charge in [0.2, 0.25) is 0 Å². The lowest BCUT2D eigenvalue weighted by Gasteiger charge is -2.19. The highest BCUT2D eigenvalue weighted by Crippen LogP contribution is 2.30.